The van der Waals surface area contributed by atoms with Crippen molar-refractivity contribution in [3.8, 4) is 6.07 Å². The predicted octanol–water partition coefficient (Wildman–Crippen LogP) is 5.94. The maximum Gasteiger partial charge on any atom is 0.100 e. The molecule has 0 radical (unpaired) electrons. The number of allylic oxidation sites excluding steroid dienone is 1. The lowest BCUT2D eigenvalue weighted by molar-refractivity contribution is 0.0598. The van der Waals surface area contributed by atoms with Crippen LogP contribution in [-0.4, -0.2) is 6.10 Å². The Balaban J connectivity index is 1.85. The average molecular weight is 311 g/mol. The third-order valence-corrected chi connectivity index (χ3v) is 5.02. The first kappa shape index (κ1) is 17.6. The van der Waals surface area contributed by atoms with Crippen LogP contribution in [0.2, 0.25) is 0 Å². The first-order valence-electron chi connectivity index (χ1n) is 9.09. The van der Waals surface area contributed by atoms with Crippen molar-refractivity contribution in [2.45, 2.75) is 70.8 Å². The van der Waals surface area contributed by atoms with E-state index in [9.17, 15) is 0 Å². The number of benzene rings is 1. The molecule has 0 amide bonds. The summed E-state index contributed by atoms with van der Waals surface area (Å²) in [7, 11) is 0. The van der Waals surface area contributed by atoms with E-state index in [1.807, 2.05) is 18.4 Å². The van der Waals surface area contributed by atoms with E-state index in [1.54, 1.807) is 0 Å². The summed E-state index contributed by atoms with van der Waals surface area (Å²) in [5, 5.41) is 8.90. The van der Waals surface area contributed by atoms with Gasteiger partial charge in [-0.3, -0.25) is 0 Å². The molecular formula is C21H29NO. The molecule has 124 valence electrons. The number of hydrogen-bond acceptors (Lipinski definition) is 2. The van der Waals surface area contributed by atoms with Crippen molar-refractivity contribution in [1.82, 2.24) is 0 Å². The summed E-state index contributed by atoms with van der Waals surface area (Å²) in [5.74, 6) is 1.33. The Morgan fingerprint density at radius 2 is 1.87 bits per heavy atom. The van der Waals surface area contributed by atoms with Crippen molar-refractivity contribution in [3.63, 3.8) is 0 Å². The molecule has 2 heteroatoms. The molecule has 1 aliphatic rings. The zero-order valence-electron chi connectivity index (χ0n) is 14.5. The van der Waals surface area contributed by atoms with Crippen molar-refractivity contribution in [3.05, 3.63) is 47.7 Å². The van der Waals surface area contributed by atoms with Crippen molar-refractivity contribution in [1.29, 1.82) is 5.26 Å². The predicted molar refractivity (Wildman–Crippen MR) is 95.1 cm³/mol. The summed E-state index contributed by atoms with van der Waals surface area (Å²) in [6, 6.07) is 10.3. The lowest BCUT2D eigenvalue weighted by atomic mass is 9.76. The molecule has 1 aromatic carbocycles. The lowest BCUT2D eigenvalue weighted by Gasteiger charge is -2.33. The third-order valence-electron chi connectivity index (χ3n) is 5.02. The van der Waals surface area contributed by atoms with Crippen molar-refractivity contribution < 1.29 is 4.74 Å². The van der Waals surface area contributed by atoms with Gasteiger partial charge in [0, 0.05) is 0 Å². The Hall–Kier alpha value is -1.75. The normalized spacial score (nSPS) is 22.7. The Morgan fingerprint density at radius 3 is 2.43 bits per heavy atom. The third kappa shape index (κ3) is 5.13. The van der Waals surface area contributed by atoms with Gasteiger partial charge in [0.1, 0.15) is 6.10 Å². The highest BCUT2D eigenvalue weighted by Crippen LogP contribution is 2.38. The van der Waals surface area contributed by atoms with E-state index in [0.29, 0.717) is 17.9 Å². The van der Waals surface area contributed by atoms with Crippen molar-refractivity contribution in [2.24, 2.45) is 5.92 Å². The first-order valence-corrected chi connectivity index (χ1v) is 9.09. The Kier molecular flexibility index (Phi) is 7.20. The van der Waals surface area contributed by atoms with Crippen LogP contribution in [0.25, 0.3) is 0 Å². The van der Waals surface area contributed by atoms with Crippen LogP contribution in [0.1, 0.15) is 75.8 Å². The summed E-state index contributed by atoms with van der Waals surface area (Å²) in [5.41, 5.74) is 2.14. The van der Waals surface area contributed by atoms with Crippen LogP contribution in [0, 0.1) is 17.2 Å². The summed E-state index contributed by atoms with van der Waals surface area (Å²) >= 11 is 0. The fraction of sp³-hybridized carbons (Fsp3) is 0.571. The van der Waals surface area contributed by atoms with Crippen LogP contribution in [0.5, 0.6) is 0 Å². The summed E-state index contributed by atoms with van der Waals surface area (Å²) < 4.78 is 5.99. The topological polar surface area (TPSA) is 33.0 Å². The second-order valence-electron chi connectivity index (χ2n) is 6.59. The minimum Gasteiger partial charge on any atom is -0.498 e. The quantitative estimate of drug-likeness (QED) is 0.584. The van der Waals surface area contributed by atoms with Crippen LogP contribution >= 0.6 is 0 Å². The monoisotopic (exact) mass is 311 g/mol. The fourth-order valence-corrected chi connectivity index (χ4v) is 3.59. The number of hydrogen-bond donors (Lipinski definition) is 0. The molecule has 0 saturated heterocycles. The summed E-state index contributed by atoms with van der Waals surface area (Å²) in [6.45, 7) is 4.41. The minimum absolute atomic E-state index is 0.366. The molecule has 0 heterocycles. The second-order valence-corrected chi connectivity index (χ2v) is 6.59. The highest BCUT2D eigenvalue weighted by molar-refractivity contribution is 5.33. The highest BCUT2D eigenvalue weighted by Gasteiger charge is 2.28. The van der Waals surface area contributed by atoms with Gasteiger partial charge in [-0.05, 0) is 74.1 Å². The molecule has 1 atom stereocenters. The first-order chi connectivity index (χ1) is 11.3. The van der Waals surface area contributed by atoms with Gasteiger partial charge < -0.3 is 4.74 Å². The van der Waals surface area contributed by atoms with E-state index in [4.69, 9.17) is 10.00 Å². The van der Waals surface area contributed by atoms with Crippen LogP contribution in [0.3, 0.4) is 0 Å². The maximum atomic E-state index is 8.90. The number of nitrogens with zero attached hydrogens (tertiary/aromatic N) is 1. The van der Waals surface area contributed by atoms with Gasteiger partial charge in [0.15, 0.2) is 0 Å². The average Bonchev–Trinajstić information content (AvgIpc) is 2.62. The zero-order valence-corrected chi connectivity index (χ0v) is 14.5. The lowest BCUT2D eigenvalue weighted by Crippen LogP contribution is -2.26. The molecular weight excluding hydrogens is 282 g/mol. The van der Waals surface area contributed by atoms with E-state index >= 15 is 0 Å². The van der Waals surface area contributed by atoms with Crippen molar-refractivity contribution in [2.75, 3.05) is 0 Å². The van der Waals surface area contributed by atoms with Gasteiger partial charge in [-0.25, -0.2) is 0 Å². The Labute approximate surface area is 141 Å². The Morgan fingerprint density at radius 1 is 1.17 bits per heavy atom. The van der Waals surface area contributed by atoms with Crippen molar-refractivity contribution >= 4 is 0 Å². The highest BCUT2D eigenvalue weighted by atomic mass is 16.5. The molecule has 23 heavy (non-hydrogen) atoms. The zero-order chi connectivity index (χ0) is 16.5. The van der Waals surface area contributed by atoms with E-state index < -0.39 is 0 Å². The van der Waals surface area contributed by atoms with Crippen LogP contribution in [-0.2, 0) is 4.74 Å². The molecule has 1 aliphatic carbocycles. The molecule has 1 aromatic rings. The molecule has 2 nitrogen and oxygen atoms in total. The number of rotatable bonds is 7. The summed E-state index contributed by atoms with van der Waals surface area (Å²) in [4.78, 5) is 0. The van der Waals surface area contributed by atoms with E-state index in [-0.39, 0.29) is 0 Å². The fourth-order valence-electron chi connectivity index (χ4n) is 3.59. The van der Waals surface area contributed by atoms with Gasteiger partial charge in [-0.1, -0.05) is 32.4 Å². The second kappa shape index (κ2) is 9.40. The van der Waals surface area contributed by atoms with Crippen LogP contribution in [0.4, 0.5) is 0 Å². The van der Waals surface area contributed by atoms with E-state index in [0.717, 1.165) is 18.4 Å². The smallest absolute Gasteiger partial charge is 0.100 e. The molecule has 0 bridgehead atoms. The van der Waals surface area contributed by atoms with Gasteiger partial charge in [0.25, 0.3) is 0 Å². The van der Waals surface area contributed by atoms with E-state index in [2.05, 4.69) is 38.1 Å². The number of nitriles is 1. The standard InChI is InChI=1S/C21H29NO/c1-3-5-6-15-23-21(4-2)20-13-11-19(12-14-20)18-9-7-17(16-22)8-10-18/h6-10,15,19-21H,3-5,11-14H2,1-2H3/b15-6+. The Bertz CT molecular complexity index is 518. The molecule has 1 unspecified atom stereocenters. The van der Waals surface area contributed by atoms with E-state index in [1.165, 1.54) is 37.7 Å². The van der Waals surface area contributed by atoms with Gasteiger partial charge >= 0.3 is 0 Å². The van der Waals surface area contributed by atoms with Crippen LogP contribution < -0.4 is 0 Å². The van der Waals surface area contributed by atoms with Gasteiger partial charge in [0.2, 0.25) is 0 Å². The summed E-state index contributed by atoms with van der Waals surface area (Å²) in [6.07, 6.45) is 12.7. The largest absolute Gasteiger partial charge is 0.498 e. The number of ether oxygens (including phenoxy) is 1. The molecule has 0 spiro atoms. The van der Waals surface area contributed by atoms with Gasteiger partial charge in [-0.15, -0.1) is 0 Å². The van der Waals surface area contributed by atoms with Gasteiger partial charge in [0.05, 0.1) is 17.9 Å². The molecule has 1 saturated carbocycles. The van der Waals surface area contributed by atoms with Crippen LogP contribution in [0.15, 0.2) is 36.6 Å². The molecule has 0 N–H and O–H groups in total. The van der Waals surface area contributed by atoms with Gasteiger partial charge in [-0.2, -0.15) is 5.26 Å². The molecule has 0 aliphatic heterocycles. The minimum atomic E-state index is 0.366. The SMILES string of the molecule is CCC/C=C/OC(CC)C1CCC(c2ccc(C#N)cc2)CC1. The molecule has 0 aromatic heterocycles. The number of unbranched alkanes of at least 4 members (excludes halogenated alkanes) is 1. The molecule has 2 rings (SSSR count). The molecule has 1 fully saturated rings. The maximum absolute atomic E-state index is 8.90.